The molecule has 1 heterocycles. The smallest absolute Gasteiger partial charge is 0.177 e. The Morgan fingerprint density at radius 1 is 1.00 bits per heavy atom. The Kier molecular flexibility index (Phi) is 11.9. The number of benzene rings is 1. The first-order valence-electron chi connectivity index (χ1n) is 12.3. The molecule has 0 amide bonds. The summed E-state index contributed by atoms with van der Waals surface area (Å²) in [6.45, 7) is 8.73. The van der Waals surface area contributed by atoms with Gasteiger partial charge in [-0.1, -0.05) is 49.5 Å². The minimum atomic E-state index is -0.238. The Hall–Kier alpha value is -1.78. The summed E-state index contributed by atoms with van der Waals surface area (Å²) >= 11 is 0. The van der Waals surface area contributed by atoms with Crippen LogP contribution in [-0.2, 0) is 15.9 Å². The minimum absolute atomic E-state index is 0.204. The number of allylic oxidation sites excluding steroid dienone is 3. The molecule has 1 fully saturated rings. The Labute approximate surface area is 196 Å². The summed E-state index contributed by atoms with van der Waals surface area (Å²) in [6, 6.07) is 6.17. The zero-order valence-corrected chi connectivity index (χ0v) is 21.1. The number of hydrogen-bond donors (Lipinski definition) is 0. The van der Waals surface area contributed by atoms with Crippen LogP contribution < -0.4 is 9.47 Å². The van der Waals surface area contributed by atoms with Crippen molar-refractivity contribution in [3.8, 4) is 11.5 Å². The second kappa shape index (κ2) is 14.4. The zero-order chi connectivity index (χ0) is 23.3. The van der Waals surface area contributed by atoms with E-state index in [9.17, 15) is 0 Å². The van der Waals surface area contributed by atoms with Crippen molar-refractivity contribution in [1.29, 1.82) is 0 Å². The lowest BCUT2D eigenvalue weighted by atomic mass is 9.98. The molecule has 180 valence electrons. The highest BCUT2D eigenvalue weighted by atomic mass is 16.7. The molecule has 1 aliphatic rings. The van der Waals surface area contributed by atoms with Crippen LogP contribution >= 0.6 is 0 Å². The highest BCUT2D eigenvalue weighted by Crippen LogP contribution is 2.30. The van der Waals surface area contributed by atoms with Crippen LogP contribution in [0.1, 0.15) is 84.6 Å². The molecule has 0 aliphatic carbocycles. The van der Waals surface area contributed by atoms with Gasteiger partial charge in [-0.15, -0.1) is 0 Å². The van der Waals surface area contributed by atoms with Crippen molar-refractivity contribution in [2.45, 2.75) is 104 Å². The number of ether oxygens (including phenoxy) is 4. The van der Waals surface area contributed by atoms with E-state index in [1.54, 1.807) is 14.2 Å². The quantitative estimate of drug-likeness (QED) is 0.234. The third kappa shape index (κ3) is 9.38. The van der Waals surface area contributed by atoms with Crippen LogP contribution in [0.2, 0.25) is 0 Å². The monoisotopic (exact) mass is 444 g/mol. The lowest BCUT2D eigenvalue weighted by Crippen LogP contribution is -2.37. The maximum absolute atomic E-state index is 6.37. The van der Waals surface area contributed by atoms with Crippen molar-refractivity contribution < 1.29 is 18.9 Å². The van der Waals surface area contributed by atoms with E-state index in [0.29, 0.717) is 0 Å². The predicted octanol–water partition coefficient (Wildman–Crippen LogP) is 7.41. The fourth-order valence-electron chi connectivity index (χ4n) is 4.16. The van der Waals surface area contributed by atoms with E-state index in [0.717, 1.165) is 50.0 Å². The van der Waals surface area contributed by atoms with Crippen LogP contribution in [0.4, 0.5) is 0 Å². The molecule has 1 saturated heterocycles. The van der Waals surface area contributed by atoms with Gasteiger partial charge in [0.05, 0.1) is 26.4 Å². The number of methoxy groups -OCH3 is 2. The Balaban J connectivity index is 2.00. The first-order chi connectivity index (χ1) is 15.4. The van der Waals surface area contributed by atoms with Gasteiger partial charge in [0.1, 0.15) is 0 Å². The fourth-order valence-corrected chi connectivity index (χ4v) is 4.16. The van der Waals surface area contributed by atoms with Crippen molar-refractivity contribution in [3.63, 3.8) is 0 Å². The van der Waals surface area contributed by atoms with E-state index in [1.807, 2.05) is 6.07 Å². The second-order valence-corrected chi connectivity index (χ2v) is 9.18. The van der Waals surface area contributed by atoms with Gasteiger partial charge in [-0.05, 0) is 76.6 Å². The first kappa shape index (κ1) is 26.5. The van der Waals surface area contributed by atoms with Gasteiger partial charge in [0.15, 0.2) is 17.8 Å². The summed E-state index contributed by atoms with van der Waals surface area (Å²) in [5.74, 6) is 1.55. The molecule has 1 aromatic rings. The molecule has 0 saturated carbocycles. The molecular formula is C28H44O4. The molecule has 0 spiro atoms. The van der Waals surface area contributed by atoms with Gasteiger partial charge in [-0.3, -0.25) is 0 Å². The van der Waals surface area contributed by atoms with E-state index in [1.165, 1.54) is 36.0 Å². The summed E-state index contributed by atoms with van der Waals surface area (Å²) in [7, 11) is 3.35. The number of unbranched alkanes of at least 4 members (excludes halogenated alkanes) is 2. The van der Waals surface area contributed by atoms with Crippen molar-refractivity contribution in [1.82, 2.24) is 0 Å². The highest BCUT2D eigenvalue weighted by molar-refractivity contribution is 5.42. The van der Waals surface area contributed by atoms with Crippen LogP contribution in [0.15, 0.2) is 41.5 Å². The maximum Gasteiger partial charge on any atom is 0.177 e. The molecule has 0 N–H and O–H groups in total. The molecule has 4 nitrogen and oxygen atoms in total. The van der Waals surface area contributed by atoms with Crippen LogP contribution in [0.3, 0.4) is 0 Å². The van der Waals surface area contributed by atoms with E-state index in [-0.39, 0.29) is 18.5 Å². The number of rotatable bonds is 13. The fraction of sp³-hybridized carbons (Fsp3) is 0.643. The van der Waals surface area contributed by atoms with E-state index in [2.05, 4.69) is 52.0 Å². The third-order valence-corrected chi connectivity index (χ3v) is 6.02. The van der Waals surface area contributed by atoms with Gasteiger partial charge in [0.25, 0.3) is 0 Å². The summed E-state index contributed by atoms with van der Waals surface area (Å²) in [5, 5.41) is 0. The van der Waals surface area contributed by atoms with Gasteiger partial charge in [0, 0.05) is 6.42 Å². The molecule has 0 radical (unpaired) electrons. The topological polar surface area (TPSA) is 36.9 Å². The molecule has 2 rings (SSSR count). The Morgan fingerprint density at radius 2 is 1.72 bits per heavy atom. The molecule has 0 aromatic heterocycles. The molecule has 0 bridgehead atoms. The molecule has 3 atom stereocenters. The normalized spacial score (nSPS) is 21.3. The molecule has 32 heavy (non-hydrogen) atoms. The predicted molar refractivity (Wildman–Crippen MR) is 133 cm³/mol. The molecule has 4 heteroatoms. The van der Waals surface area contributed by atoms with Crippen LogP contribution in [0.25, 0.3) is 0 Å². The Bertz CT molecular complexity index is 733. The average Bonchev–Trinajstić information content (AvgIpc) is 2.77. The third-order valence-electron chi connectivity index (χ3n) is 6.02. The highest BCUT2D eigenvalue weighted by Gasteiger charge is 2.28. The maximum atomic E-state index is 6.37. The standard InChI is InChI=1S/C28H44O4/c1-7-8-9-13-24-20-25(16-14-23-15-17-26(29-5)27(19-23)30-6)32-28(31-24)18-22(4)12-10-11-21(2)3/h11,15,17-19,24-25,28H,7-10,12-14,16,20H2,1-6H3/b22-18-/t24-,25+,28-/m1/s1. The second-order valence-electron chi connectivity index (χ2n) is 9.18. The summed E-state index contributed by atoms with van der Waals surface area (Å²) < 4.78 is 23.5. The van der Waals surface area contributed by atoms with Crippen molar-refractivity contribution in [3.05, 3.63) is 47.1 Å². The van der Waals surface area contributed by atoms with E-state index < -0.39 is 0 Å². The van der Waals surface area contributed by atoms with Gasteiger partial charge in [0.2, 0.25) is 0 Å². The van der Waals surface area contributed by atoms with Crippen molar-refractivity contribution in [2.24, 2.45) is 0 Å². The summed E-state index contributed by atoms with van der Waals surface area (Å²) in [5.41, 5.74) is 3.94. The summed E-state index contributed by atoms with van der Waals surface area (Å²) in [4.78, 5) is 0. The van der Waals surface area contributed by atoms with Crippen LogP contribution in [0.5, 0.6) is 11.5 Å². The first-order valence-corrected chi connectivity index (χ1v) is 12.3. The van der Waals surface area contributed by atoms with Gasteiger partial charge >= 0.3 is 0 Å². The van der Waals surface area contributed by atoms with Gasteiger partial charge < -0.3 is 18.9 Å². The minimum Gasteiger partial charge on any atom is -0.493 e. The zero-order valence-electron chi connectivity index (χ0n) is 21.1. The largest absolute Gasteiger partial charge is 0.493 e. The molecule has 1 aromatic carbocycles. The van der Waals surface area contributed by atoms with Gasteiger partial charge in [-0.2, -0.15) is 0 Å². The Morgan fingerprint density at radius 3 is 2.38 bits per heavy atom. The van der Waals surface area contributed by atoms with Crippen molar-refractivity contribution in [2.75, 3.05) is 14.2 Å². The summed E-state index contributed by atoms with van der Waals surface area (Å²) in [6.07, 6.45) is 14.6. The molecular weight excluding hydrogens is 400 g/mol. The van der Waals surface area contributed by atoms with Gasteiger partial charge in [-0.25, -0.2) is 0 Å². The van der Waals surface area contributed by atoms with Crippen molar-refractivity contribution >= 4 is 0 Å². The van der Waals surface area contributed by atoms with Crippen LogP contribution in [0, 0.1) is 0 Å². The number of hydrogen-bond acceptors (Lipinski definition) is 4. The van der Waals surface area contributed by atoms with Crippen LogP contribution in [-0.4, -0.2) is 32.7 Å². The SMILES string of the molecule is CCCCC[C@@H]1C[C@H](CCc2ccc(OC)c(OC)c2)O[C@H](/C=C(/C)CCC=C(C)C)O1. The van der Waals surface area contributed by atoms with E-state index >= 15 is 0 Å². The van der Waals surface area contributed by atoms with E-state index in [4.69, 9.17) is 18.9 Å². The molecule has 1 aliphatic heterocycles. The number of aryl methyl sites for hydroxylation is 1. The average molecular weight is 445 g/mol. The lowest BCUT2D eigenvalue weighted by Gasteiger charge is -2.35. The molecule has 0 unspecified atom stereocenters. The lowest BCUT2D eigenvalue weighted by molar-refractivity contribution is -0.222.